The van der Waals surface area contributed by atoms with E-state index >= 15 is 0 Å². The van der Waals surface area contributed by atoms with Gasteiger partial charge in [-0.2, -0.15) is 0 Å². The summed E-state index contributed by atoms with van der Waals surface area (Å²) in [5, 5.41) is 33.6. The molecule has 1 amide bonds. The van der Waals surface area contributed by atoms with Crippen molar-refractivity contribution in [2.24, 2.45) is 29.4 Å². The molecule has 4 aliphatic rings. The standard InChI is InChI=1S/C32H37N3O7/c1-34(2)26-21-14-18-13-20-19(17-7-5-16(6-8-17)15-35-11-3-4-12-35)9-10-22(36)24(20)27(37)23(18)29(39)32(21,42)30(40)25(28(26)38)31(33)41/h5-10,18,21,23,25-26,28,36,38,42H,3-4,11-15H2,1-2H3,(H2,33,41)/t18-,21-,23?,25?,26?,28?,32-/m1/s1. The van der Waals surface area contributed by atoms with Crippen LogP contribution in [0.3, 0.4) is 0 Å². The normalized spacial score (nSPS) is 32.9. The second-order valence-corrected chi connectivity index (χ2v) is 12.6. The van der Waals surface area contributed by atoms with Crippen molar-refractivity contribution in [3.63, 3.8) is 0 Å². The average Bonchev–Trinajstić information content (AvgIpc) is 3.44. The molecule has 2 aromatic rings. The van der Waals surface area contributed by atoms with E-state index in [1.54, 1.807) is 25.1 Å². The van der Waals surface area contributed by atoms with Gasteiger partial charge in [0.15, 0.2) is 23.0 Å². The van der Waals surface area contributed by atoms with Gasteiger partial charge in [-0.1, -0.05) is 30.3 Å². The minimum Gasteiger partial charge on any atom is -0.507 e. The first-order valence-electron chi connectivity index (χ1n) is 14.6. The number of nitrogens with zero attached hydrogens (tertiary/aromatic N) is 2. The summed E-state index contributed by atoms with van der Waals surface area (Å²) in [6.45, 7) is 3.05. The lowest BCUT2D eigenvalue weighted by atomic mass is 9.52. The van der Waals surface area contributed by atoms with Gasteiger partial charge in [0, 0.05) is 18.5 Å². The molecule has 42 heavy (non-hydrogen) atoms. The molecule has 1 heterocycles. The number of likely N-dealkylation sites (N-methyl/N-ethyl adjacent to an activating group) is 1. The Balaban J connectivity index is 1.39. The zero-order chi connectivity index (χ0) is 30.1. The summed E-state index contributed by atoms with van der Waals surface area (Å²) >= 11 is 0. The average molecular weight is 576 g/mol. The number of likely N-dealkylation sites (tertiary alicyclic amines) is 1. The molecule has 2 aromatic carbocycles. The SMILES string of the molecule is CN(C)C1C(O)C(C(N)=O)C(=O)[C@]2(O)C(=O)C3C(=O)c4c(O)ccc(-c5ccc(CN6CCCC6)cc5)c4C[C@@H]3C[C@H]12. The highest BCUT2D eigenvalue weighted by molar-refractivity contribution is 6.25. The summed E-state index contributed by atoms with van der Waals surface area (Å²) in [6.07, 6.45) is 1.24. The fourth-order valence-corrected chi connectivity index (χ4v) is 8.08. The van der Waals surface area contributed by atoms with Crippen LogP contribution in [-0.4, -0.2) is 93.3 Å². The van der Waals surface area contributed by atoms with Crippen LogP contribution in [0.2, 0.25) is 0 Å². The molecule has 7 atom stereocenters. The highest BCUT2D eigenvalue weighted by atomic mass is 16.3. The Bertz CT molecular complexity index is 1470. The second kappa shape index (κ2) is 10.4. The van der Waals surface area contributed by atoms with E-state index in [1.807, 2.05) is 12.1 Å². The number of nitrogens with two attached hydrogens (primary N) is 1. The number of aliphatic hydroxyl groups excluding tert-OH is 1. The molecule has 2 saturated carbocycles. The minimum atomic E-state index is -2.67. The summed E-state index contributed by atoms with van der Waals surface area (Å²) in [4.78, 5) is 57.6. The highest BCUT2D eigenvalue weighted by Crippen LogP contribution is 2.52. The quantitative estimate of drug-likeness (QED) is 0.380. The topological polar surface area (TPSA) is 161 Å². The van der Waals surface area contributed by atoms with Gasteiger partial charge in [0.1, 0.15) is 11.7 Å². The van der Waals surface area contributed by atoms with Crippen LogP contribution in [0.5, 0.6) is 5.75 Å². The van der Waals surface area contributed by atoms with E-state index in [4.69, 9.17) is 5.73 Å². The van der Waals surface area contributed by atoms with Crippen molar-refractivity contribution in [3.8, 4) is 16.9 Å². The molecule has 4 unspecified atom stereocenters. The molecule has 3 aliphatic carbocycles. The molecule has 6 rings (SSSR count). The summed E-state index contributed by atoms with van der Waals surface area (Å²) in [5.41, 5.74) is 6.24. The number of aromatic hydroxyl groups is 1. The highest BCUT2D eigenvalue weighted by Gasteiger charge is 2.69. The van der Waals surface area contributed by atoms with Crippen molar-refractivity contribution in [1.29, 1.82) is 0 Å². The van der Waals surface area contributed by atoms with Gasteiger partial charge in [0.2, 0.25) is 5.91 Å². The molecule has 0 bridgehead atoms. The Labute approximate surface area is 244 Å². The number of carbonyl (C=O) groups is 4. The van der Waals surface area contributed by atoms with Gasteiger partial charge in [-0.3, -0.25) is 24.1 Å². The van der Waals surface area contributed by atoms with E-state index in [-0.39, 0.29) is 24.2 Å². The van der Waals surface area contributed by atoms with E-state index in [2.05, 4.69) is 17.0 Å². The molecule has 1 aliphatic heterocycles. The van der Waals surface area contributed by atoms with Crippen molar-refractivity contribution < 1.29 is 34.5 Å². The van der Waals surface area contributed by atoms with Crippen molar-refractivity contribution in [2.45, 2.75) is 50.0 Å². The molecular weight excluding hydrogens is 538 g/mol. The van der Waals surface area contributed by atoms with Gasteiger partial charge < -0.3 is 26.0 Å². The maximum absolute atomic E-state index is 14.0. The molecule has 0 aromatic heterocycles. The summed E-state index contributed by atoms with van der Waals surface area (Å²) < 4.78 is 0. The Morgan fingerprint density at radius 1 is 1.05 bits per heavy atom. The van der Waals surface area contributed by atoms with E-state index in [0.717, 1.165) is 30.8 Å². The maximum Gasteiger partial charge on any atom is 0.230 e. The zero-order valence-corrected chi connectivity index (χ0v) is 23.8. The molecule has 3 fully saturated rings. The number of hydrogen-bond donors (Lipinski definition) is 4. The maximum atomic E-state index is 14.0. The number of phenols is 1. The number of benzene rings is 2. The van der Waals surface area contributed by atoms with E-state index < -0.39 is 64.7 Å². The van der Waals surface area contributed by atoms with E-state index in [1.165, 1.54) is 24.5 Å². The van der Waals surface area contributed by atoms with Crippen LogP contribution in [0.15, 0.2) is 36.4 Å². The third-order valence-electron chi connectivity index (χ3n) is 10.0. The van der Waals surface area contributed by atoms with Gasteiger partial charge in [0.25, 0.3) is 0 Å². The largest absolute Gasteiger partial charge is 0.507 e. The van der Waals surface area contributed by atoms with Crippen molar-refractivity contribution in [2.75, 3.05) is 27.2 Å². The summed E-state index contributed by atoms with van der Waals surface area (Å²) in [5.74, 6) is -9.03. The van der Waals surface area contributed by atoms with Crippen molar-refractivity contribution >= 4 is 23.3 Å². The summed E-state index contributed by atoms with van der Waals surface area (Å²) in [6, 6.07) is 10.4. The van der Waals surface area contributed by atoms with Crippen LogP contribution in [0.25, 0.3) is 11.1 Å². The number of amides is 1. The zero-order valence-electron chi connectivity index (χ0n) is 23.8. The molecule has 222 valence electrons. The Kier molecular flexibility index (Phi) is 7.08. The van der Waals surface area contributed by atoms with E-state index in [9.17, 15) is 34.5 Å². The van der Waals surface area contributed by atoms with Gasteiger partial charge >= 0.3 is 0 Å². The third kappa shape index (κ3) is 4.23. The molecule has 10 heteroatoms. The number of Topliss-reactive ketones (excluding diaryl/α,β-unsaturated/α-hetero) is 3. The van der Waals surface area contributed by atoms with Crippen LogP contribution in [0.4, 0.5) is 0 Å². The number of aliphatic hydroxyl groups is 2. The number of hydrogen-bond acceptors (Lipinski definition) is 9. The van der Waals surface area contributed by atoms with Crippen LogP contribution < -0.4 is 5.73 Å². The predicted octanol–water partition coefficient (Wildman–Crippen LogP) is 0.922. The van der Waals surface area contributed by atoms with Crippen molar-refractivity contribution in [3.05, 3.63) is 53.1 Å². The van der Waals surface area contributed by atoms with Gasteiger partial charge in [-0.15, -0.1) is 0 Å². The summed E-state index contributed by atoms with van der Waals surface area (Å²) in [7, 11) is 3.26. The van der Waals surface area contributed by atoms with Crippen molar-refractivity contribution in [1.82, 2.24) is 9.80 Å². The lowest BCUT2D eigenvalue weighted by Gasteiger charge is -2.54. The molecule has 0 radical (unpaired) electrons. The third-order valence-corrected chi connectivity index (χ3v) is 10.0. The van der Waals surface area contributed by atoms with E-state index in [0.29, 0.717) is 5.56 Å². The number of fused-ring (bicyclic) bond motifs is 3. The number of phenolic OH excluding ortho intramolecular Hbond substituents is 1. The first-order valence-corrected chi connectivity index (χ1v) is 14.6. The molecule has 1 saturated heterocycles. The van der Waals surface area contributed by atoms with Gasteiger partial charge in [-0.25, -0.2) is 0 Å². The van der Waals surface area contributed by atoms with Crippen LogP contribution in [0, 0.1) is 23.7 Å². The number of rotatable bonds is 5. The monoisotopic (exact) mass is 575 g/mol. The fourth-order valence-electron chi connectivity index (χ4n) is 8.08. The Morgan fingerprint density at radius 2 is 1.71 bits per heavy atom. The molecule has 10 nitrogen and oxygen atoms in total. The smallest absolute Gasteiger partial charge is 0.230 e. The lowest BCUT2D eigenvalue weighted by molar-refractivity contribution is -0.190. The Hall–Kier alpha value is -3.44. The molecule has 5 N–H and O–H groups in total. The molecular formula is C32H37N3O7. The predicted molar refractivity (Wildman–Crippen MR) is 152 cm³/mol. The molecule has 0 spiro atoms. The van der Waals surface area contributed by atoms with Crippen LogP contribution >= 0.6 is 0 Å². The number of ketones is 3. The Morgan fingerprint density at radius 3 is 2.33 bits per heavy atom. The first-order chi connectivity index (χ1) is 19.9. The second-order valence-electron chi connectivity index (χ2n) is 12.6. The minimum absolute atomic E-state index is 0.0178. The number of primary amides is 1. The van der Waals surface area contributed by atoms with Gasteiger partial charge in [-0.05, 0) is 87.1 Å². The van der Waals surface area contributed by atoms with Crippen LogP contribution in [-0.2, 0) is 27.3 Å². The van der Waals surface area contributed by atoms with Gasteiger partial charge in [0.05, 0.1) is 17.6 Å². The fraction of sp³-hybridized carbons (Fsp3) is 0.500. The first kappa shape index (κ1) is 28.7. The lowest BCUT2D eigenvalue weighted by Crippen LogP contribution is -2.75. The van der Waals surface area contributed by atoms with Crippen LogP contribution in [0.1, 0.15) is 40.7 Å². The number of carbonyl (C=O) groups excluding carboxylic acids is 4.